The van der Waals surface area contributed by atoms with Crippen molar-refractivity contribution in [2.75, 3.05) is 13.1 Å². The highest BCUT2D eigenvalue weighted by molar-refractivity contribution is 5.97. The van der Waals surface area contributed by atoms with E-state index in [1.165, 1.54) is 0 Å². The smallest absolute Gasteiger partial charge is 0.251 e. The summed E-state index contributed by atoms with van der Waals surface area (Å²) in [4.78, 5) is 17.4. The van der Waals surface area contributed by atoms with Crippen molar-refractivity contribution in [2.24, 2.45) is 5.92 Å². The van der Waals surface area contributed by atoms with Crippen LogP contribution in [0.3, 0.4) is 0 Å². The molecule has 2 N–H and O–H groups in total. The van der Waals surface area contributed by atoms with Gasteiger partial charge in [0.2, 0.25) is 0 Å². The van der Waals surface area contributed by atoms with Crippen LogP contribution in [0, 0.1) is 12.8 Å². The fraction of sp³-hybridized carbons (Fsp3) is 0.333. The molecule has 4 rings (SSSR count). The van der Waals surface area contributed by atoms with E-state index in [1.54, 1.807) is 0 Å². The Morgan fingerprint density at radius 3 is 2.64 bits per heavy atom. The van der Waals surface area contributed by atoms with Crippen LogP contribution in [0.4, 0.5) is 0 Å². The number of fused-ring (bicyclic) bond motifs is 1. The Balaban J connectivity index is 0.00000140. The third-order valence-corrected chi connectivity index (χ3v) is 5.20. The van der Waals surface area contributed by atoms with Crippen LogP contribution in [-0.4, -0.2) is 34.6 Å². The third kappa shape index (κ3) is 4.32. The van der Waals surface area contributed by atoms with Gasteiger partial charge in [-0.2, -0.15) is 0 Å². The molecule has 5 nitrogen and oxygen atoms in total. The molecule has 1 aliphatic rings. The molecule has 0 saturated carbocycles. The monoisotopic (exact) mass is 420 g/mol. The lowest BCUT2D eigenvalue weighted by Crippen LogP contribution is -2.48. The van der Waals surface area contributed by atoms with Gasteiger partial charge in [0.1, 0.15) is 5.82 Å². The quantitative estimate of drug-likeness (QED) is 0.675. The Morgan fingerprint density at radius 2 is 1.93 bits per heavy atom. The van der Waals surface area contributed by atoms with Crippen molar-refractivity contribution >= 4 is 41.8 Å². The standard InChI is InChI=1S/C21H24N4O.2ClH/c1-14-13-22-11-10-18(14)24-21(26)16-8-9-20-19(12-16)23-15(2)25(20)17-6-4-3-5-7-17;;/h3-9,12,14,18,22H,10-11,13H2,1-2H3,(H,24,26);2*1H. The summed E-state index contributed by atoms with van der Waals surface area (Å²) in [5.41, 5.74) is 3.60. The number of rotatable bonds is 3. The van der Waals surface area contributed by atoms with Crippen molar-refractivity contribution in [1.29, 1.82) is 0 Å². The zero-order chi connectivity index (χ0) is 18.1. The molecule has 0 aliphatic carbocycles. The second kappa shape index (κ2) is 9.41. The van der Waals surface area contributed by atoms with Crippen LogP contribution in [0.1, 0.15) is 29.5 Å². The zero-order valence-electron chi connectivity index (χ0n) is 16.0. The number of imidazole rings is 1. The fourth-order valence-corrected chi connectivity index (χ4v) is 3.73. The van der Waals surface area contributed by atoms with Gasteiger partial charge in [-0.05, 0) is 62.7 Å². The number of hydrogen-bond acceptors (Lipinski definition) is 3. The lowest BCUT2D eigenvalue weighted by Gasteiger charge is -2.30. The number of piperidine rings is 1. The minimum atomic E-state index is -0.0161. The van der Waals surface area contributed by atoms with Crippen LogP contribution in [0.25, 0.3) is 16.7 Å². The summed E-state index contributed by atoms with van der Waals surface area (Å²) in [6.45, 7) is 6.06. The maximum absolute atomic E-state index is 12.7. The van der Waals surface area contributed by atoms with E-state index in [1.807, 2.05) is 43.3 Å². The lowest BCUT2D eigenvalue weighted by molar-refractivity contribution is 0.0914. The van der Waals surface area contributed by atoms with E-state index in [4.69, 9.17) is 0 Å². The van der Waals surface area contributed by atoms with Crippen LogP contribution in [0.5, 0.6) is 0 Å². The molecule has 1 fully saturated rings. The Kier molecular flexibility index (Phi) is 7.47. The molecule has 1 saturated heterocycles. The zero-order valence-corrected chi connectivity index (χ0v) is 17.6. The van der Waals surface area contributed by atoms with E-state index in [9.17, 15) is 4.79 Å². The number of nitrogens with one attached hydrogen (secondary N) is 2. The fourth-order valence-electron chi connectivity index (χ4n) is 3.73. The van der Waals surface area contributed by atoms with Crippen LogP contribution in [-0.2, 0) is 0 Å². The van der Waals surface area contributed by atoms with Gasteiger partial charge in [-0.3, -0.25) is 9.36 Å². The summed E-state index contributed by atoms with van der Waals surface area (Å²) >= 11 is 0. The number of aryl methyl sites for hydroxylation is 1. The van der Waals surface area contributed by atoms with Crippen molar-refractivity contribution in [1.82, 2.24) is 20.2 Å². The molecule has 2 unspecified atom stereocenters. The Morgan fingerprint density at radius 1 is 1.18 bits per heavy atom. The number of benzene rings is 2. The highest BCUT2D eigenvalue weighted by Gasteiger charge is 2.23. The van der Waals surface area contributed by atoms with Crippen LogP contribution in [0.15, 0.2) is 48.5 Å². The van der Waals surface area contributed by atoms with Crippen molar-refractivity contribution in [2.45, 2.75) is 26.3 Å². The van der Waals surface area contributed by atoms with Crippen LogP contribution >= 0.6 is 24.8 Å². The molecule has 7 heteroatoms. The first kappa shape index (κ1) is 22.2. The molecule has 2 aromatic carbocycles. The maximum atomic E-state index is 12.7. The predicted octanol–water partition coefficient (Wildman–Crippen LogP) is 3.91. The molecule has 1 aromatic heterocycles. The van der Waals surface area contributed by atoms with Crippen molar-refractivity contribution in [3.8, 4) is 5.69 Å². The molecular weight excluding hydrogens is 395 g/mol. The van der Waals surface area contributed by atoms with Crippen molar-refractivity contribution in [3.63, 3.8) is 0 Å². The average Bonchev–Trinajstić information content (AvgIpc) is 2.99. The van der Waals surface area contributed by atoms with Gasteiger partial charge in [0, 0.05) is 17.3 Å². The van der Waals surface area contributed by atoms with Gasteiger partial charge in [-0.25, -0.2) is 4.98 Å². The summed E-state index contributed by atoms with van der Waals surface area (Å²) in [6, 6.07) is 16.2. The van der Waals surface area contributed by atoms with Gasteiger partial charge >= 0.3 is 0 Å². The van der Waals surface area contributed by atoms with Gasteiger partial charge in [0.05, 0.1) is 11.0 Å². The topological polar surface area (TPSA) is 59.0 Å². The maximum Gasteiger partial charge on any atom is 0.251 e. The number of carbonyl (C=O) groups is 1. The van der Waals surface area contributed by atoms with E-state index in [2.05, 4.69) is 39.2 Å². The molecule has 0 radical (unpaired) electrons. The number of aromatic nitrogens is 2. The number of nitrogens with zero attached hydrogens (tertiary/aromatic N) is 2. The summed E-state index contributed by atoms with van der Waals surface area (Å²) < 4.78 is 2.12. The molecule has 0 spiro atoms. The SMILES string of the molecule is Cc1nc2cc(C(=O)NC3CCNCC3C)ccc2n1-c1ccccc1.Cl.Cl. The van der Waals surface area contributed by atoms with Gasteiger partial charge in [0.25, 0.3) is 5.91 Å². The second-order valence-corrected chi connectivity index (χ2v) is 7.08. The third-order valence-electron chi connectivity index (χ3n) is 5.20. The van der Waals surface area contributed by atoms with E-state index in [-0.39, 0.29) is 36.8 Å². The van der Waals surface area contributed by atoms with Crippen LogP contribution < -0.4 is 10.6 Å². The number of halogens is 2. The van der Waals surface area contributed by atoms with Gasteiger partial charge in [-0.15, -0.1) is 24.8 Å². The van der Waals surface area contributed by atoms with Gasteiger partial charge in [-0.1, -0.05) is 25.1 Å². The normalized spacial score (nSPS) is 18.8. The largest absolute Gasteiger partial charge is 0.349 e. The Bertz CT molecular complexity index is 942. The first-order valence-electron chi connectivity index (χ1n) is 9.19. The Hall–Kier alpha value is -2.08. The average molecular weight is 421 g/mol. The molecule has 1 amide bonds. The minimum absolute atomic E-state index is 0. The second-order valence-electron chi connectivity index (χ2n) is 7.08. The summed E-state index contributed by atoms with van der Waals surface area (Å²) in [5, 5.41) is 6.55. The number of para-hydroxylation sites is 1. The summed E-state index contributed by atoms with van der Waals surface area (Å²) in [5.74, 6) is 1.34. The summed E-state index contributed by atoms with van der Waals surface area (Å²) in [7, 11) is 0. The molecule has 1 aliphatic heterocycles. The van der Waals surface area contributed by atoms with Gasteiger partial charge in [0.15, 0.2) is 0 Å². The van der Waals surface area contributed by atoms with E-state index < -0.39 is 0 Å². The highest BCUT2D eigenvalue weighted by Crippen LogP contribution is 2.22. The number of carbonyl (C=O) groups excluding carboxylic acids is 1. The van der Waals surface area contributed by atoms with E-state index in [0.29, 0.717) is 11.5 Å². The van der Waals surface area contributed by atoms with Crippen molar-refractivity contribution < 1.29 is 4.79 Å². The summed E-state index contributed by atoms with van der Waals surface area (Å²) in [6.07, 6.45) is 0.969. The van der Waals surface area contributed by atoms with E-state index >= 15 is 0 Å². The molecular formula is C21H26Cl2N4O. The molecule has 2 heterocycles. The predicted molar refractivity (Wildman–Crippen MR) is 118 cm³/mol. The molecule has 0 bridgehead atoms. The lowest BCUT2D eigenvalue weighted by atomic mass is 9.95. The first-order valence-corrected chi connectivity index (χ1v) is 9.19. The van der Waals surface area contributed by atoms with E-state index in [0.717, 1.165) is 42.1 Å². The molecule has 3 aromatic rings. The van der Waals surface area contributed by atoms with Gasteiger partial charge < -0.3 is 10.6 Å². The van der Waals surface area contributed by atoms with Crippen molar-refractivity contribution in [3.05, 3.63) is 59.9 Å². The highest BCUT2D eigenvalue weighted by atomic mass is 35.5. The number of hydrogen-bond donors (Lipinski definition) is 2. The molecule has 2 atom stereocenters. The minimum Gasteiger partial charge on any atom is -0.349 e. The first-order chi connectivity index (χ1) is 12.6. The molecule has 150 valence electrons. The number of amides is 1. The van der Waals surface area contributed by atoms with Crippen LogP contribution in [0.2, 0.25) is 0 Å². The molecule has 28 heavy (non-hydrogen) atoms. The Labute approximate surface area is 177 Å².